The molecule has 10 heteroatoms. The van der Waals surface area contributed by atoms with Crippen LogP contribution in [0.4, 0.5) is 5.69 Å². The predicted octanol–water partition coefficient (Wildman–Crippen LogP) is 5.03. The van der Waals surface area contributed by atoms with Gasteiger partial charge in [-0.2, -0.15) is 4.31 Å². The Balaban J connectivity index is 1.38. The van der Waals surface area contributed by atoms with Gasteiger partial charge in [-0.15, -0.1) is 0 Å². The summed E-state index contributed by atoms with van der Waals surface area (Å²) in [6.07, 6.45) is 0.979. The van der Waals surface area contributed by atoms with Crippen LogP contribution >= 0.6 is 11.6 Å². The van der Waals surface area contributed by atoms with Gasteiger partial charge in [0, 0.05) is 29.2 Å². The lowest BCUT2D eigenvalue weighted by molar-refractivity contribution is -0.119. The van der Waals surface area contributed by atoms with Crippen LogP contribution in [0.2, 0.25) is 5.02 Å². The predicted molar refractivity (Wildman–Crippen MR) is 148 cm³/mol. The van der Waals surface area contributed by atoms with Crippen LogP contribution in [0.5, 0.6) is 0 Å². The minimum Gasteiger partial charge on any atom is -0.452 e. The fourth-order valence-electron chi connectivity index (χ4n) is 4.67. The summed E-state index contributed by atoms with van der Waals surface area (Å²) < 4.78 is 32.7. The molecule has 4 rings (SSSR count). The zero-order valence-corrected chi connectivity index (χ0v) is 23.2. The fraction of sp³-hybridized carbons (Fsp3) is 0.276. The van der Waals surface area contributed by atoms with E-state index in [0.29, 0.717) is 23.7 Å². The van der Waals surface area contributed by atoms with E-state index in [2.05, 4.69) is 5.32 Å². The molecule has 0 spiro atoms. The number of hydrogen-bond acceptors (Lipinski definition) is 6. The van der Waals surface area contributed by atoms with E-state index in [9.17, 15) is 22.8 Å². The summed E-state index contributed by atoms with van der Waals surface area (Å²) in [7, 11) is -3.68. The molecule has 1 amide bonds. The van der Waals surface area contributed by atoms with Crippen molar-refractivity contribution in [2.45, 2.75) is 25.2 Å². The van der Waals surface area contributed by atoms with Gasteiger partial charge >= 0.3 is 5.97 Å². The molecule has 2 atom stereocenters. The highest BCUT2D eigenvalue weighted by atomic mass is 35.5. The number of ether oxygens (including phenoxy) is 1. The van der Waals surface area contributed by atoms with Crippen LogP contribution < -0.4 is 5.32 Å². The highest BCUT2D eigenvalue weighted by Crippen LogP contribution is 2.27. The first-order valence-corrected chi connectivity index (χ1v) is 14.3. The lowest BCUT2D eigenvalue weighted by Crippen LogP contribution is -2.42. The number of hydrogen-bond donors (Lipinski definition) is 1. The van der Waals surface area contributed by atoms with Crippen molar-refractivity contribution >= 4 is 45.0 Å². The summed E-state index contributed by atoms with van der Waals surface area (Å²) >= 11 is 6.08. The fourth-order valence-corrected chi connectivity index (χ4v) is 6.52. The van der Waals surface area contributed by atoms with E-state index in [1.165, 1.54) is 46.8 Å². The SMILES string of the molecule is C[C@H]1C[C@H](C)CN(S(=O)(=O)c2ccc(C(=O)OCC(=O)Nc3ccc(Cl)cc3C(=O)c3ccccc3)cc2)C1. The number of nitrogens with one attached hydrogen (secondary N) is 1. The van der Waals surface area contributed by atoms with E-state index in [4.69, 9.17) is 16.3 Å². The van der Waals surface area contributed by atoms with Crippen molar-refractivity contribution in [2.24, 2.45) is 11.8 Å². The average Bonchev–Trinajstić information content (AvgIpc) is 2.92. The van der Waals surface area contributed by atoms with Crippen molar-refractivity contribution in [3.05, 3.63) is 94.5 Å². The first kappa shape index (κ1) is 28.5. The standard InChI is InChI=1S/C29H29ClN2O6S/c1-19-14-20(2)17-32(16-19)39(36,37)24-11-8-22(9-12-24)29(35)38-18-27(33)31-26-13-10-23(30)15-25(26)28(34)21-6-4-3-5-7-21/h3-13,15,19-20H,14,16-18H2,1-2H3,(H,31,33)/t19-,20-/m0/s1. The molecule has 1 saturated heterocycles. The Kier molecular flexibility index (Phi) is 8.84. The monoisotopic (exact) mass is 568 g/mol. The highest BCUT2D eigenvalue weighted by molar-refractivity contribution is 7.89. The summed E-state index contributed by atoms with van der Waals surface area (Å²) in [5.41, 5.74) is 0.956. The lowest BCUT2D eigenvalue weighted by atomic mass is 9.94. The summed E-state index contributed by atoms with van der Waals surface area (Å²) in [6.45, 7) is 4.37. The number of rotatable bonds is 8. The molecule has 1 N–H and O–H groups in total. The van der Waals surface area contributed by atoms with Crippen LogP contribution in [0.15, 0.2) is 77.7 Å². The quantitative estimate of drug-likeness (QED) is 0.301. The van der Waals surface area contributed by atoms with E-state index in [0.717, 1.165) is 6.42 Å². The lowest BCUT2D eigenvalue weighted by Gasteiger charge is -2.34. The first-order chi connectivity index (χ1) is 18.5. The van der Waals surface area contributed by atoms with Gasteiger partial charge in [0.15, 0.2) is 12.4 Å². The second-order valence-electron chi connectivity index (χ2n) is 9.80. The first-order valence-electron chi connectivity index (χ1n) is 12.5. The van der Waals surface area contributed by atoms with Crippen LogP contribution in [0.1, 0.15) is 46.5 Å². The highest BCUT2D eigenvalue weighted by Gasteiger charge is 2.31. The van der Waals surface area contributed by atoms with Gasteiger partial charge in [-0.05, 0) is 60.7 Å². The molecule has 0 radical (unpaired) electrons. The number of sulfonamides is 1. The maximum atomic E-state index is 13.1. The number of piperidine rings is 1. The molecule has 1 aliphatic heterocycles. The number of nitrogens with zero attached hydrogens (tertiary/aromatic N) is 1. The van der Waals surface area contributed by atoms with Gasteiger partial charge in [-0.1, -0.05) is 55.8 Å². The molecule has 0 unspecified atom stereocenters. The molecule has 1 aliphatic rings. The maximum Gasteiger partial charge on any atom is 0.338 e. The van der Waals surface area contributed by atoms with Crippen molar-refractivity contribution in [3.8, 4) is 0 Å². The molecule has 3 aromatic carbocycles. The number of halogens is 1. The topological polar surface area (TPSA) is 110 Å². The third kappa shape index (κ3) is 6.92. The zero-order chi connectivity index (χ0) is 28.2. The minimum atomic E-state index is -3.68. The number of ketones is 1. The van der Waals surface area contributed by atoms with Gasteiger partial charge < -0.3 is 10.1 Å². The van der Waals surface area contributed by atoms with Gasteiger partial charge in [0.1, 0.15) is 0 Å². The Morgan fingerprint density at radius 1 is 0.923 bits per heavy atom. The minimum absolute atomic E-state index is 0.0939. The van der Waals surface area contributed by atoms with Gasteiger partial charge in [0.2, 0.25) is 10.0 Å². The third-order valence-corrected chi connectivity index (χ3v) is 8.51. The van der Waals surface area contributed by atoms with Crippen LogP contribution in [-0.2, 0) is 19.6 Å². The van der Waals surface area contributed by atoms with Crippen molar-refractivity contribution in [3.63, 3.8) is 0 Å². The number of anilines is 1. The summed E-state index contributed by atoms with van der Waals surface area (Å²) in [5.74, 6) is -1.23. The second kappa shape index (κ2) is 12.1. The zero-order valence-electron chi connectivity index (χ0n) is 21.6. The summed E-state index contributed by atoms with van der Waals surface area (Å²) in [4.78, 5) is 38.1. The Labute approximate surface area is 233 Å². The van der Waals surface area contributed by atoms with Crippen LogP contribution in [0, 0.1) is 11.8 Å². The summed E-state index contributed by atoms with van der Waals surface area (Å²) in [6, 6.07) is 18.5. The Morgan fingerprint density at radius 2 is 1.56 bits per heavy atom. The largest absolute Gasteiger partial charge is 0.452 e. The molecule has 8 nitrogen and oxygen atoms in total. The van der Waals surface area contributed by atoms with Crippen molar-refractivity contribution in [1.82, 2.24) is 4.31 Å². The van der Waals surface area contributed by atoms with E-state index in [-0.39, 0.29) is 39.3 Å². The van der Waals surface area contributed by atoms with Crippen LogP contribution in [0.25, 0.3) is 0 Å². The molecule has 204 valence electrons. The van der Waals surface area contributed by atoms with Crippen molar-refractivity contribution in [1.29, 1.82) is 0 Å². The van der Waals surface area contributed by atoms with E-state index in [1.807, 2.05) is 13.8 Å². The second-order valence-corrected chi connectivity index (χ2v) is 12.2. The van der Waals surface area contributed by atoms with Crippen molar-refractivity contribution in [2.75, 3.05) is 25.0 Å². The molecule has 3 aromatic rings. The smallest absolute Gasteiger partial charge is 0.338 e. The number of benzene rings is 3. The molecule has 39 heavy (non-hydrogen) atoms. The maximum absolute atomic E-state index is 13.1. The van der Waals surface area contributed by atoms with Gasteiger partial charge in [0.25, 0.3) is 5.91 Å². The van der Waals surface area contributed by atoms with Crippen LogP contribution in [-0.4, -0.2) is 50.1 Å². The van der Waals surface area contributed by atoms with Gasteiger partial charge in [-0.25, -0.2) is 13.2 Å². The normalized spacial score (nSPS) is 17.8. The Morgan fingerprint density at radius 3 is 2.21 bits per heavy atom. The molecule has 0 bridgehead atoms. The number of esters is 1. The molecule has 1 fully saturated rings. The molecular weight excluding hydrogens is 540 g/mol. The molecule has 0 aliphatic carbocycles. The van der Waals surface area contributed by atoms with E-state index < -0.39 is 28.5 Å². The number of amides is 1. The van der Waals surface area contributed by atoms with Gasteiger partial charge in [0.05, 0.1) is 16.1 Å². The summed E-state index contributed by atoms with van der Waals surface area (Å²) in [5, 5.41) is 2.91. The van der Waals surface area contributed by atoms with E-state index >= 15 is 0 Å². The van der Waals surface area contributed by atoms with E-state index in [1.54, 1.807) is 30.3 Å². The number of carbonyl (C=O) groups is 3. The molecule has 1 heterocycles. The molecule has 0 saturated carbocycles. The average molecular weight is 569 g/mol. The van der Waals surface area contributed by atoms with Gasteiger partial charge in [-0.3, -0.25) is 9.59 Å². The van der Waals surface area contributed by atoms with Crippen molar-refractivity contribution < 1.29 is 27.5 Å². The third-order valence-electron chi connectivity index (χ3n) is 6.43. The molecule has 0 aromatic heterocycles. The number of carbonyl (C=O) groups excluding carboxylic acids is 3. The Bertz CT molecular complexity index is 1470. The van der Waals surface area contributed by atoms with Crippen LogP contribution in [0.3, 0.4) is 0 Å². The Hall–Kier alpha value is -3.53. The molecular formula is C29H29ClN2O6S.